The van der Waals surface area contributed by atoms with Crippen molar-refractivity contribution < 1.29 is 41.7 Å². The van der Waals surface area contributed by atoms with Gasteiger partial charge in [-0.25, -0.2) is 9.37 Å². The zero-order valence-electron chi connectivity index (χ0n) is 24.5. The van der Waals surface area contributed by atoms with Gasteiger partial charge in [0.05, 0.1) is 25.4 Å². The molecule has 0 radical (unpaired) electrons. The van der Waals surface area contributed by atoms with Crippen molar-refractivity contribution in [3.63, 3.8) is 0 Å². The number of nitrogens with zero attached hydrogens (tertiary/aromatic N) is 3. The maximum absolute atomic E-state index is 14.9. The summed E-state index contributed by atoms with van der Waals surface area (Å²) in [5, 5.41) is 18.7. The monoisotopic (exact) mass is 639 g/mol. The van der Waals surface area contributed by atoms with Gasteiger partial charge in [0.1, 0.15) is 40.5 Å². The first-order chi connectivity index (χ1) is 21.9. The molecular weight excluding hydrogens is 610 g/mol. The van der Waals surface area contributed by atoms with Crippen molar-refractivity contribution in [3.8, 4) is 22.8 Å². The van der Waals surface area contributed by atoms with Crippen LogP contribution in [0.1, 0.15) is 53.3 Å². The van der Waals surface area contributed by atoms with Crippen LogP contribution in [0.2, 0.25) is 0 Å². The van der Waals surface area contributed by atoms with Gasteiger partial charge in [0.25, 0.3) is 5.91 Å². The van der Waals surface area contributed by atoms with E-state index >= 15 is 0 Å². The highest BCUT2D eigenvalue weighted by molar-refractivity contribution is 6.00. The second-order valence-corrected chi connectivity index (χ2v) is 12.1. The Hall–Kier alpha value is -4.72. The molecule has 4 N–H and O–H groups in total. The quantitative estimate of drug-likeness (QED) is 0.232. The average molecular weight is 640 g/mol. The van der Waals surface area contributed by atoms with E-state index in [2.05, 4.69) is 15.4 Å². The zero-order valence-corrected chi connectivity index (χ0v) is 24.5. The smallest absolute Gasteiger partial charge is 0.424 e. The van der Waals surface area contributed by atoms with Gasteiger partial charge in [-0.2, -0.15) is 18.3 Å². The largest absolute Gasteiger partial charge is 0.494 e. The van der Waals surface area contributed by atoms with Crippen molar-refractivity contribution in [2.75, 3.05) is 20.3 Å². The number of carbonyl (C=O) groups is 2. The summed E-state index contributed by atoms with van der Waals surface area (Å²) in [6.45, 7) is -1.54. The van der Waals surface area contributed by atoms with Crippen molar-refractivity contribution in [2.45, 2.75) is 48.9 Å². The number of nitrogens with two attached hydrogens (primary N) is 1. The Bertz CT molecular complexity index is 1890. The normalized spacial score (nSPS) is 20.6. The predicted octanol–water partition coefficient (Wildman–Crippen LogP) is 4.29. The van der Waals surface area contributed by atoms with Crippen molar-refractivity contribution in [3.05, 3.63) is 71.3 Å². The number of aromatic nitrogens is 3. The number of fused-ring (bicyclic) bond motifs is 2. The summed E-state index contributed by atoms with van der Waals surface area (Å²) in [4.78, 5) is 30.4. The molecule has 0 bridgehead atoms. The lowest BCUT2D eigenvalue weighted by Crippen LogP contribution is -2.52. The first kappa shape index (κ1) is 30.0. The maximum Gasteiger partial charge on any atom is 0.424 e. The molecule has 0 spiro atoms. The number of methoxy groups -OCH3 is 1. The van der Waals surface area contributed by atoms with Gasteiger partial charge in [-0.3, -0.25) is 14.3 Å². The van der Waals surface area contributed by atoms with Gasteiger partial charge in [0, 0.05) is 28.3 Å². The average Bonchev–Trinajstić information content (AvgIpc) is 3.97. The molecule has 2 aromatic heterocycles. The molecule has 3 heterocycles. The summed E-state index contributed by atoms with van der Waals surface area (Å²) in [6, 6.07) is 8.88. The Labute approximate surface area is 259 Å². The van der Waals surface area contributed by atoms with Gasteiger partial charge >= 0.3 is 6.18 Å². The molecule has 2 amide bonds. The van der Waals surface area contributed by atoms with Crippen LogP contribution in [0, 0.1) is 11.7 Å². The molecular formula is C32H29F4N5O5. The molecule has 2 fully saturated rings. The zero-order chi connectivity index (χ0) is 32.6. The van der Waals surface area contributed by atoms with Crippen molar-refractivity contribution >= 4 is 22.7 Å². The van der Waals surface area contributed by atoms with E-state index in [1.165, 1.54) is 31.4 Å². The molecule has 7 rings (SSSR count). The number of amides is 2. The van der Waals surface area contributed by atoms with Crippen LogP contribution in [-0.4, -0.2) is 58.1 Å². The minimum absolute atomic E-state index is 0.00647. The van der Waals surface area contributed by atoms with Crippen LogP contribution in [-0.2, 0) is 15.8 Å². The van der Waals surface area contributed by atoms with Crippen LogP contribution in [0.3, 0.4) is 0 Å². The number of pyridine rings is 1. The topological polar surface area (TPSA) is 142 Å². The van der Waals surface area contributed by atoms with E-state index in [-0.39, 0.29) is 52.4 Å². The summed E-state index contributed by atoms with van der Waals surface area (Å²) < 4.78 is 71.4. The number of ether oxygens (including phenoxy) is 2. The van der Waals surface area contributed by atoms with E-state index in [4.69, 9.17) is 15.2 Å². The van der Waals surface area contributed by atoms with E-state index in [0.717, 1.165) is 31.0 Å². The van der Waals surface area contributed by atoms with Crippen LogP contribution < -0.4 is 20.5 Å². The molecule has 2 atom stereocenters. The molecule has 4 aromatic rings. The molecule has 240 valence electrons. The van der Waals surface area contributed by atoms with Gasteiger partial charge < -0.3 is 25.6 Å². The maximum atomic E-state index is 14.9. The molecule has 14 heteroatoms. The highest BCUT2D eigenvalue weighted by atomic mass is 19.4. The van der Waals surface area contributed by atoms with Gasteiger partial charge in [-0.05, 0) is 74.1 Å². The summed E-state index contributed by atoms with van der Waals surface area (Å²) in [5.41, 5.74) is 0.413. The number of benzene rings is 2. The number of primary amides is 1. The van der Waals surface area contributed by atoms with Crippen LogP contribution in [0.25, 0.3) is 22.2 Å². The van der Waals surface area contributed by atoms with Gasteiger partial charge in [0.2, 0.25) is 11.5 Å². The fourth-order valence-electron chi connectivity index (χ4n) is 6.19. The molecule has 10 nitrogen and oxygen atoms in total. The summed E-state index contributed by atoms with van der Waals surface area (Å²) in [5.74, 6) is -2.27. The van der Waals surface area contributed by atoms with Gasteiger partial charge in [-0.1, -0.05) is 0 Å². The van der Waals surface area contributed by atoms with E-state index in [1.54, 1.807) is 10.9 Å². The van der Waals surface area contributed by atoms with E-state index < -0.39 is 47.1 Å². The summed E-state index contributed by atoms with van der Waals surface area (Å²) in [7, 11) is 1.39. The Morgan fingerprint density at radius 1 is 1.15 bits per heavy atom. The molecule has 2 aliphatic carbocycles. The number of hydrogen-bond donors (Lipinski definition) is 3. The second kappa shape index (κ2) is 10.4. The van der Waals surface area contributed by atoms with Crippen molar-refractivity contribution in [1.29, 1.82) is 0 Å². The van der Waals surface area contributed by atoms with Gasteiger partial charge in [0.15, 0.2) is 0 Å². The van der Waals surface area contributed by atoms with Crippen LogP contribution in [0.4, 0.5) is 17.6 Å². The van der Waals surface area contributed by atoms with Crippen LogP contribution >= 0.6 is 0 Å². The first-order valence-corrected chi connectivity index (χ1v) is 14.7. The fourth-order valence-corrected chi connectivity index (χ4v) is 6.19. The van der Waals surface area contributed by atoms with E-state index in [1.807, 2.05) is 0 Å². The standard InChI is InChI=1S/C32H29F4N5O5/c1-45-23-11-17(10-18-13-41(21-8-9-21)40-25(18)23)28(42)38-14-31(44,32(34,35)36)24-12-22-27(26(39-24)16-2-6-20(33)7-3-16)46-15-30(22,29(37)43)19-4-5-19/h2-3,6-7,10-13,19,21,44H,4-5,8-9,14-15H2,1H3,(H2,37,43)(H,38,42)/t30-,31?/m0/s1. The van der Waals surface area contributed by atoms with Crippen LogP contribution in [0.15, 0.2) is 48.7 Å². The Kier molecular flexibility index (Phi) is 6.78. The number of halogens is 4. The number of aliphatic hydroxyl groups is 1. The number of carbonyl (C=O) groups excluding carboxylic acids is 2. The Balaban J connectivity index is 1.29. The predicted molar refractivity (Wildman–Crippen MR) is 156 cm³/mol. The number of rotatable bonds is 9. The Morgan fingerprint density at radius 3 is 2.48 bits per heavy atom. The lowest BCUT2D eigenvalue weighted by molar-refractivity contribution is -0.265. The van der Waals surface area contributed by atoms with Crippen molar-refractivity contribution in [1.82, 2.24) is 20.1 Å². The number of alkyl halides is 3. The number of nitrogens with one attached hydrogen (secondary N) is 1. The molecule has 2 aromatic carbocycles. The third-order valence-corrected chi connectivity index (χ3v) is 9.12. The molecule has 2 saturated carbocycles. The molecule has 46 heavy (non-hydrogen) atoms. The molecule has 1 aliphatic heterocycles. The highest BCUT2D eigenvalue weighted by Gasteiger charge is 2.60. The first-order valence-electron chi connectivity index (χ1n) is 14.7. The van der Waals surface area contributed by atoms with Crippen LogP contribution in [0.5, 0.6) is 11.5 Å². The highest BCUT2D eigenvalue weighted by Crippen LogP contribution is 2.56. The van der Waals surface area contributed by atoms with Crippen molar-refractivity contribution in [2.24, 2.45) is 11.7 Å². The molecule has 3 aliphatic rings. The third-order valence-electron chi connectivity index (χ3n) is 9.12. The van der Waals surface area contributed by atoms with E-state index in [0.29, 0.717) is 23.7 Å². The second-order valence-electron chi connectivity index (χ2n) is 12.1. The van der Waals surface area contributed by atoms with E-state index in [9.17, 15) is 32.3 Å². The third kappa shape index (κ3) is 4.73. The minimum Gasteiger partial charge on any atom is -0.494 e. The van der Waals surface area contributed by atoms with Gasteiger partial charge in [-0.15, -0.1) is 0 Å². The number of hydrogen-bond acceptors (Lipinski definition) is 7. The fraction of sp³-hybridized carbons (Fsp3) is 0.375. The lowest BCUT2D eigenvalue weighted by Gasteiger charge is -2.32. The summed E-state index contributed by atoms with van der Waals surface area (Å²) >= 11 is 0. The molecule has 1 unspecified atom stereocenters. The SMILES string of the molecule is COc1cc(C(=O)NCC(O)(c2cc3c(c(-c4ccc(F)cc4)n2)OC[C@]3(C(N)=O)C2CC2)C(F)(F)F)cc2cn(C3CC3)nc12. The Morgan fingerprint density at radius 2 is 1.87 bits per heavy atom. The minimum atomic E-state index is -5.34. The summed E-state index contributed by atoms with van der Waals surface area (Å²) in [6.07, 6.45) is -0.469. The molecule has 0 saturated heterocycles. The lowest BCUT2D eigenvalue weighted by atomic mass is 9.76.